The van der Waals surface area contributed by atoms with Gasteiger partial charge in [0.15, 0.2) is 0 Å². The second-order valence-corrected chi connectivity index (χ2v) is 10.3. The number of amides is 1. The molecule has 4 rings (SSSR count). The van der Waals surface area contributed by atoms with Gasteiger partial charge in [0.1, 0.15) is 15.7 Å². The van der Waals surface area contributed by atoms with Crippen LogP contribution in [0.1, 0.15) is 5.76 Å². The third-order valence-electron chi connectivity index (χ3n) is 4.28. The Kier molecular flexibility index (Phi) is 5.03. The van der Waals surface area contributed by atoms with Crippen LogP contribution in [0.15, 0.2) is 56.9 Å². The standard InChI is InChI=1S/C19H15N3O4S3/c1-22(2)29(24,25)14-5-3-4-11(7-14)15-10-20-9-12-6-13(26-17(12)15)8-16-18(23)21-19(27)28-16/h3-10H,1-2H3,(H,21,23,27)/b16-8-. The summed E-state index contributed by atoms with van der Waals surface area (Å²) < 4.78 is 32.4. The Bertz CT molecular complexity index is 1290. The van der Waals surface area contributed by atoms with Gasteiger partial charge in [-0.15, -0.1) is 0 Å². The summed E-state index contributed by atoms with van der Waals surface area (Å²) in [7, 11) is -0.598. The van der Waals surface area contributed by atoms with Crippen LogP contribution in [0.3, 0.4) is 0 Å². The molecule has 1 aromatic carbocycles. The number of carbonyl (C=O) groups is 1. The van der Waals surface area contributed by atoms with Gasteiger partial charge in [0.05, 0.1) is 9.80 Å². The van der Waals surface area contributed by atoms with Gasteiger partial charge in [-0.25, -0.2) is 12.7 Å². The molecule has 148 valence electrons. The zero-order valence-corrected chi connectivity index (χ0v) is 17.8. The quantitative estimate of drug-likeness (QED) is 0.487. The monoisotopic (exact) mass is 445 g/mol. The molecule has 10 heteroatoms. The van der Waals surface area contributed by atoms with Crippen molar-refractivity contribution in [3.05, 3.63) is 53.4 Å². The number of sulfonamides is 1. The largest absolute Gasteiger partial charge is 0.456 e. The highest BCUT2D eigenvalue weighted by Crippen LogP contribution is 2.33. The first-order valence-electron chi connectivity index (χ1n) is 8.41. The molecule has 0 atom stereocenters. The van der Waals surface area contributed by atoms with Crippen LogP contribution in [-0.2, 0) is 14.8 Å². The van der Waals surface area contributed by atoms with Crippen molar-refractivity contribution in [2.24, 2.45) is 0 Å². The number of fused-ring (bicyclic) bond motifs is 1. The fraction of sp³-hybridized carbons (Fsp3) is 0.105. The molecule has 0 bridgehead atoms. The van der Waals surface area contributed by atoms with E-state index in [1.807, 2.05) is 0 Å². The predicted octanol–water partition coefficient (Wildman–Crippen LogP) is 3.23. The normalized spacial score (nSPS) is 16.2. The third kappa shape index (κ3) is 3.71. The first-order chi connectivity index (χ1) is 13.8. The number of rotatable bonds is 4. The maximum Gasteiger partial charge on any atom is 0.263 e. The van der Waals surface area contributed by atoms with E-state index < -0.39 is 10.0 Å². The maximum absolute atomic E-state index is 12.5. The Morgan fingerprint density at radius 1 is 1.24 bits per heavy atom. The summed E-state index contributed by atoms with van der Waals surface area (Å²) in [6.07, 6.45) is 4.89. The molecule has 0 aliphatic carbocycles. The number of aromatic nitrogens is 1. The molecule has 2 aromatic heterocycles. The number of nitrogens with one attached hydrogen (secondary N) is 1. The van der Waals surface area contributed by atoms with E-state index in [2.05, 4.69) is 10.3 Å². The van der Waals surface area contributed by atoms with Gasteiger partial charge >= 0.3 is 0 Å². The molecule has 0 unspecified atom stereocenters. The number of thioether (sulfide) groups is 1. The van der Waals surface area contributed by atoms with Crippen molar-refractivity contribution in [1.82, 2.24) is 14.6 Å². The summed E-state index contributed by atoms with van der Waals surface area (Å²) in [5.41, 5.74) is 1.87. The summed E-state index contributed by atoms with van der Waals surface area (Å²) >= 11 is 6.17. The minimum atomic E-state index is -3.57. The number of hydrogen-bond acceptors (Lipinski definition) is 7. The van der Waals surface area contributed by atoms with E-state index in [9.17, 15) is 13.2 Å². The van der Waals surface area contributed by atoms with Gasteiger partial charge in [-0.1, -0.05) is 36.1 Å². The van der Waals surface area contributed by atoms with E-state index in [-0.39, 0.29) is 10.8 Å². The highest BCUT2D eigenvalue weighted by atomic mass is 32.2. The van der Waals surface area contributed by atoms with Crippen molar-refractivity contribution >= 4 is 61.3 Å². The second kappa shape index (κ2) is 7.38. The number of benzene rings is 1. The van der Waals surface area contributed by atoms with Crippen LogP contribution in [-0.4, -0.2) is 42.0 Å². The van der Waals surface area contributed by atoms with Crippen LogP contribution in [0.2, 0.25) is 0 Å². The van der Waals surface area contributed by atoms with Crippen molar-refractivity contribution < 1.29 is 17.6 Å². The molecule has 1 aliphatic rings. The Morgan fingerprint density at radius 2 is 2.03 bits per heavy atom. The second-order valence-electron chi connectivity index (χ2n) is 6.42. The minimum absolute atomic E-state index is 0.179. The molecule has 1 saturated heterocycles. The highest BCUT2D eigenvalue weighted by Gasteiger charge is 2.23. The summed E-state index contributed by atoms with van der Waals surface area (Å²) in [6.45, 7) is 0. The molecule has 1 amide bonds. The lowest BCUT2D eigenvalue weighted by molar-refractivity contribution is -0.115. The molecule has 3 aromatic rings. The van der Waals surface area contributed by atoms with Crippen LogP contribution in [0.5, 0.6) is 0 Å². The van der Waals surface area contributed by atoms with Gasteiger partial charge in [-0.05, 0) is 23.8 Å². The molecule has 0 spiro atoms. The molecule has 3 heterocycles. The van der Waals surface area contributed by atoms with E-state index in [1.165, 1.54) is 25.9 Å². The average molecular weight is 446 g/mol. The minimum Gasteiger partial charge on any atom is -0.456 e. The molecule has 0 radical (unpaired) electrons. The van der Waals surface area contributed by atoms with E-state index in [0.29, 0.717) is 31.7 Å². The summed E-state index contributed by atoms with van der Waals surface area (Å²) in [5.74, 6) is 0.217. The van der Waals surface area contributed by atoms with Gasteiger partial charge in [0, 0.05) is 43.5 Å². The Hall–Kier alpha value is -2.53. The first-order valence-corrected chi connectivity index (χ1v) is 11.1. The SMILES string of the molecule is CN(C)S(=O)(=O)c1cccc(-c2cncc3cc(/C=C4\SC(=S)NC4=O)oc23)c1. The van der Waals surface area contributed by atoms with Gasteiger partial charge in [0.25, 0.3) is 5.91 Å². The van der Waals surface area contributed by atoms with Crippen molar-refractivity contribution in [2.45, 2.75) is 4.90 Å². The van der Waals surface area contributed by atoms with E-state index in [1.54, 1.807) is 48.8 Å². The summed E-state index contributed by atoms with van der Waals surface area (Å²) in [4.78, 5) is 16.7. The van der Waals surface area contributed by atoms with Gasteiger partial charge in [-0.2, -0.15) is 0 Å². The zero-order chi connectivity index (χ0) is 20.8. The Labute approximate surface area is 176 Å². The van der Waals surface area contributed by atoms with Gasteiger partial charge in [-0.3, -0.25) is 9.78 Å². The van der Waals surface area contributed by atoms with Crippen LogP contribution in [0.4, 0.5) is 0 Å². The van der Waals surface area contributed by atoms with Crippen molar-refractivity contribution in [2.75, 3.05) is 14.1 Å². The number of carbonyl (C=O) groups excluding carboxylic acids is 1. The topological polar surface area (TPSA) is 92.5 Å². The lowest BCUT2D eigenvalue weighted by Crippen LogP contribution is -2.22. The van der Waals surface area contributed by atoms with Crippen LogP contribution in [0, 0.1) is 0 Å². The first kappa shape index (κ1) is 19.8. The summed E-state index contributed by atoms with van der Waals surface area (Å²) in [6, 6.07) is 8.38. The van der Waals surface area contributed by atoms with Crippen LogP contribution >= 0.6 is 24.0 Å². The Morgan fingerprint density at radius 3 is 2.72 bits per heavy atom. The van der Waals surface area contributed by atoms with Crippen molar-refractivity contribution in [1.29, 1.82) is 0 Å². The Balaban J connectivity index is 1.80. The van der Waals surface area contributed by atoms with E-state index >= 15 is 0 Å². The van der Waals surface area contributed by atoms with Crippen LogP contribution < -0.4 is 5.32 Å². The molecular formula is C19H15N3O4S3. The molecule has 29 heavy (non-hydrogen) atoms. The number of thiocarbonyl (C=S) groups is 1. The molecule has 1 aliphatic heterocycles. The molecule has 1 N–H and O–H groups in total. The fourth-order valence-corrected chi connectivity index (χ4v) is 4.82. The number of nitrogens with zero attached hydrogens (tertiary/aromatic N) is 2. The highest BCUT2D eigenvalue weighted by molar-refractivity contribution is 8.26. The molecule has 0 saturated carbocycles. The summed E-state index contributed by atoms with van der Waals surface area (Å²) in [5, 5.41) is 3.30. The van der Waals surface area contributed by atoms with Gasteiger partial charge < -0.3 is 9.73 Å². The smallest absolute Gasteiger partial charge is 0.263 e. The number of hydrogen-bond donors (Lipinski definition) is 1. The predicted molar refractivity (Wildman–Crippen MR) is 117 cm³/mol. The zero-order valence-electron chi connectivity index (χ0n) is 15.4. The number of pyridine rings is 1. The van der Waals surface area contributed by atoms with Crippen LogP contribution in [0.25, 0.3) is 28.2 Å². The van der Waals surface area contributed by atoms with Crippen molar-refractivity contribution in [3.63, 3.8) is 0 Å². The molecule has 7 nitrogen and oxygen atoms in total. The molecular weight excluding hydrogens is 430 g/mol. The molecule has 1 fully saturated rings. The van der Waals surface area contributed by atoms with Gasteiger partial charge in [0.2, 0.25) is 10.0 Å². The van der Waals surface area contributed by atoms with E-state index in [4.69, 9.17) is 16.6 Å². The fourth-order valence-electron chi connectivity index (χ4n) is 2.84. The average Bonchev–Trinajstić information content (AvgIpc) is 3.23. The maximum atomic E-state index is 12.5. The van der Waals surface area contributed by atoms with Crippen molar-refractivity contribution in [3.8, 4) is 11.1 Å². The van der Waals surface area contributed by atoms with E-state index in [0.717, 1.165) is 9.69 Å². The number of furan rings is 1. The third-order valence-corrected chi connectivity index (χ3v) is 7.25. The lowest BCUT2D eigenvalue weighted by atomic mass is 10.1. The lowest BCUT2D eigenvalue weighted by Gasteiger charge is -2.12.